The SMILES string of the molecule is CC(c1nc(-c2ccccc2)no1)N(C)CC(O)CN1CCOCC1. The normalized spacial score (nSPS) is 18.4. The van der Waals surface area contributed by atoms with Crippen molar-refractivity contribution in [3.63, 3.8) is 0 Å². The minimum absolute atomic E-state index is 0.0655. The smallest absolute Gasteiger partial charge is 0.244 e. The summed E-state index contributed by atoms with van der Waals surface area (Å²) in [4.78, 5) is 8.76. The van der Waals surface area contributed by atoms with Gasteiger partial charge in [-0.1, -0.05) is 35.5 Å². The molecule has 0 radical (unpaired) electrons. The van der Waals surface area contributed by atoms with Crippen molar-refractivity contribution in [2.45, 2.75) is 19.1 Å². The first-order chi connectivity index (χ1) is 12.1. The van der Waals surface area contributed by atoms with Crippen LogP contribution in [0.2, 0.25) is 0 Å². The topological polar surface area (TPSA) is 74.9 Å². The molecule has 0 spiro atoms. The lowest BCUT2D eigenvalue weighted by Crippen LogP contribution is -2.44. The minimum atomic E-state index is -0.429. The molecular formula is C18H26N4O3. The standard InChI is InChI=1S/C18H26N4O3/c1-14(18-19-17(20-25-18)15-6-4-3-5-7-15)21(2)12-16(23)13-22-8-10-24-11-9-22/h3-7,14,16,23H,8-13H2,1-2H3. The third-order valence-corrected chi connectivity index (χ3v) is 4.56. The Bertz CT molecular complexity index is 643. The van der Waals surface area contributed by atoms with Gasteiger partial charge in [0, 0.05) is 31.7 Å². The summed E-state index contributed by atoms with van der Waals surface area (Å²) in [5, 5.41) is 14.4. The Morgan fingerprint density at radius 1 is 1.24 bits per heavy atom. The summed E-state index contributed by atoms with van der Waals surface area (Å²) in [5.74, 6) is 1.14. The van der Waals surface area contributed by atoms with Crippen LogP contribution in [0.4, 0.5) is 0 Å². The highest BCUT2D eigenvalue weighted by molar-refractivity contribution is 5.53. The fourth-order valence-electron chi connectivity index (χ4n) is 2.93. The third-order valence-electron chi connectivity index (χ3n) is 4.56. The number of likely N-dealkylation sites (N-methyl/N-ethyl adjacent to an activating group) is 1. The van der Waals surface area contributed by atoms with Crippen molar-refractivity contribution in [3.8, 4) is 11.4 Å². The first-order valence-corrected chi connectivity index (χ1v) is 8.71. The molecule has 1 aromatic carbocycles. The number of aliphatic hydroxyl groups is 1. The molecule has 2 atom stereocenters. The Labute approximate surface area is 148 Å². The maximum absolute atomic E-state index is 10.4. The molecule has 1 saturated heterocycles. The van der Waals surface area contributed by atoms with Crippen molar-refractivity contribution >= 4 is 0 Å². The zero-order valence-corrected chi connectivity index (χ0v) is 14.8. The number of nitrogens with zero attached hydrogens (tertiary/aromatic N) is 4. The number of hydrogen-bond donors (Lipinski definition) is 1. The molecule has 0 aliphatic carbocycles. The van der Waals surface area contributed by atoms with E-state index in [-0.39, 0.29) is 6.04 Å². The van der Waals surface area contributed by atoms with Crippen LogP contribution < -0.4 is 0 Å². The highest BCUT2D eigenvalue weighted by Gasteiger charge is 2.22. The van der Waals surface area contributed by atoms with Gasteiger partial charge in [-0.05, 0) is 14.0 Å². The molecule has 25 heavy (non-hydrogen) atoms. The quantitative estimate of drug-likeness (QED) is 0.813. The Morgan fingerprint density at radius 2 is 1.96 bits per heavy atom. The molecule has 3 rings (SSSR count). The summed E-state index contributed by atoms with van der Waals surface area (Å²) in [6.07, 6.45) is -0.429. The van der Waals surface area contributed by atoms with E-state index in [2.05, 4.69) is 15.0 Å². The lowest BCUT2D eigenvalue weighted by molar-refractivity contribution is 0.00527. The van der Waals surface area contributed by atoms with E-state index in [0.717, 1.165) is 31.9 Å². The van der Waals surface area contributed by atoms with Crippen molar-refractivity contribution in [1.82, 2.24) is 19.9 Å². The summed E-state index contributed by atoms with van der Waals surface area (Å²) in [5.41, 5.74) is 0.930. The predicted octanol–water partition coefficient (Wildman–Crippen LogP) is 1.42. The van der Waals surface area contributed by atoms with E-state index in [9.17, 15) is 5.11 Å². The number of aromatic nitrogens is 2. The number of hydrogen-bond acceptors (Lipinski definition) is 7. The Balaban J connectivity index is 1.55. The number of rotatable bonds is 7. The van der Waals surface area contributed by atoms with Gasteiger partial charge >= 0.3 is 0 Å². The van der Waals surface area contributed by atoms with Gasteiger partial charge in [0.2, 0.25) is 11.7 Å². The van der Waals surface area contributed by atoms with Gasteiger partial charge in [-0.25, -0.2) is 0 Å². The first-order valence-electron chi connectivity index (χ1n) is 8.71. The van der Waals surface area contributed by atoms with Gasteiger partial charge in [0.1, 0.15) is 0 Å². The Morgan fingerprint density at radius 3 is 2.68 bits per heavy atom. The molecule has 1 aromatic heterocycles. The molecule has 136 valence electrons. The fourth-order valence-corrected chi connectivity index (χ4v) is 2.93. The average Bonchev–Trinajstić information content (AvgIpc) is 3.12. The van der Waals surface area contributed by atoms with Gasteiger partial charge in [0.15, 0.2) is 0 Å². The molecule has 1 aliphatic rings. The summed E-state index contributed by atoms with van der Waals surface area (Å²) in [7, 11) is 1.96. The van der Waals surface area contributed by atoms with Gasteiger partial charge in [0.25, 0.3) is 0 Å². The molecule has 1 fully saturated rings. The van der Waals surface area contributed by atoms with Crippen LogP contribution in [0.3, 0.4) is 0 Å². The van der Waals surface area contributed by atoms with Crippen LogP contribution in [0.25, 0.3) is 11.4 Å². The summed E-state index contributed by atoms with van der Waals surface area (Å²) >= 11 is 0. The second-order valence-corrected chi connectivity index (χ2v) is 6.50. The van der Waals surface area contributed by atoms with Crippen molar-refractivity contribution in [2.24, 2.45) is 0 Å². The van der Waals surface area contributed by atoms with E-state index in [1.165, 1.54) is 0 Å². The third kappa shape index (κ3) is 4.85. The first kappa shape index (κ1) is 18.0. The van der Waals surface area contributed by atoms with Crippen molar-refractivity contribution in [1.29, 1.82) is 0 Å². The van der Waals surface area contributed by atoms with Crippen LogP contribution in [0.5, 0.6) is 0 Å². The van der Waals surface area contributed by atoms with E-state index < -0.39 is 6.10 Å². The number of aliphatic hydroxyl groups excluding tert-OH is 1. The molecule has 0 amide bonds. The van der Waals surface area contributed by atoms with Gasteiger partial charge in [-0.2, -0.15) is 4.98 Å². The molecule has 0 bridgehead atoms. The van der Waals surface area contributed by atoms with Crippen LogP contribution in [-0.4, -0.2) is 77.6 Å². The molecule has 1 aliphatic heterocycles. The van der Waals surface area contributed by atoms with Crippen LogP contribution in [0, 0.1) is 0 Å². The number of β-amino-alcohol motifs (C(OH)–C–C–N with tert-alkyl or cyclic N) is 1. The molecule has 2 aromatic rings. The van der Waals surface area contributed by atoms with Crippen molar-refractivity contribution in [3.05, 3.63) is 36.2 Å². The maximum Gasteiger partial charge on any atom is 0.244 e. The van der Waals surface area contributed by atoms with Gasteiger partial charge in [0.05, 0.1) is 25.4 Å². The van der Waals surface area contributed by atoms with Crippen LogP contribution >= 0.6 is 0 Å². The minimum Gasteiger partial charge on any atom is -0.390 e. The summed E-state index contributed by atoms with van der Waals surface area (Å²) < 4.78 is 10.8. The molecule has 2 heterocycles. The Hall–Kier alpha value is -1.80. The van der Waals surface area contributed by atoms with E-state index in [1.54, 1.807) is 0 Å². The monoisotopic (exact) mass is 346 g/mol. The van der Waals surface area contributed by atoms with Crippen LogP contribution in [0.1, 0.15) is 18.9 Å². The highest BCUT2D eigenvalue weighted by Crippen LogP contribution is 2.21. The zero-order chi connectivity index (χ0) is 17.6. The lowest BCUT2D eigenvalue weighted by atomic mass is 10.2. The van der Waals surface area contributed by atoms with Gasteiger partial charge in [-0.15, -0.1) is 0 Å². The molecule has 2 unspecified atom stereocenters. The van der Waals surface area contributed by atoms with Crippen molar-refractivity contribution < 1.29 is 14.4 Å². The molecular weight excluding hydrogens is 320 g/mol. The predicted molar refractivity (Wildman–Crippen MR) is 94.0 cm³/mol. The summed E-state index contributed by atoms with van der Waals surface area (Å²) in [6, 6.07) is 9.69. The summed E-state index contributed by atoms with van der Waals surface area (Å²) in [6.45, 7) is 6.43. The average molecular weight is 346 g/mol. The highest BCUT2D eigenvalue weighted by atomic mass is 16.5. The van der Waals surface area contributed by atoms with Crippen LogP contribution in [0.15, 0.2) is 34.9 Å². The molecule has 7 heteroatoms. The fraction of sp³-hybridized carbons (Fsp3) is 0.556. The van der Waals surface area contributed by atoms with Gasteiger partial charge < -0.3 is 14.4 Å². The van der Waals surface area contributed by atoms with E-state index in [1.807, 2.05) is 49.2 Å². The maximum atomic E-state index is 10.4. The largest absolute Gasteiger partial charge is 0.390 e. The Kier molecular flexibility index (Phi) is 6.14. The second kappa shape index (κ2) is 8.53. The molecule has 0 saturated carbocycles. The number of morpholine rings is 1. The molecule has 1 N–H and O–H groups in total. The van der Waals surface area contributed by atoms with Crippen molar-refractivity contribution in [2.75, 3.05) is 46.4 Å². The lowest BCUT2D eigenvalue weighted by Gasteiger charge is -2.31. The zero-order valence-electron chi connectivity index (χ0n) is 14.8. The van der Waals surface area contributed by atoms with Crippen LogP contribution in [-0.2, 0) is 4.74 Å². The van der Waals surface area contributed by atoms with E-state index >= 15 is 0 Å². The number of ether oxygens (including phenoxy) is 1. The second-order valence-electron chi connectivity index (χ2n) is 6.50. The number of benzene rings is 1. The van der Waals surface area contributed by atoms with E-state index in [4.69, 9.17) is 9.26 Å². The van der Waals surface area contributed by atoms with E-state index in [0.29, 0.717) is 24.8 Å². The molecule has 7 nitrogen and oxygen atoms in total. The van der Waals surface area contributed by atoms with Gasteiger partial charge in [-0.3, -0.25) is 9.80 Å².